The molecular weight excluding hydrogens is 478 g/mol. The lowest BCUT2D eigenvalue weighted by molar-refractivity contribution is -0.142. The van der Waals surface area contributed by atoms with Crippen molar-refractivity contribution in [3.63, 3.8) is 0 Å². The fourth-order valence-corrected chi connectivity index (χ4v) is 6.35. The minimum Gasteiger partial charge on any atom is -0.481 e. The number of hydrogen-bond donors (Lipinski definition) is 1. The van der Waals surface area contributed by atoms with E-state index >= 15 is 0 Å². The fraction of sp³-hybridized carbons (Fsp3) is 0.536. The summed E-state index contributed by atoms with van der Waals surface area (Å²) in [5.74, 6) is -0.818. The monoisotopic (exact) mass is 515 g/mol. The van der Waals surface area contributed by atoms with Gasteiger partial charge in [0.05, 0.1) is 17.3 Å². The van der Waals surface area contributed by atoms with Gasteiger partial charge < -0.3 is 19.8 Å². The molecule has 1 unspecified atom stereocenters. The van der Waals surface area contributed by atoms with Crippen molar-refractivity contribution in [2.24, 2.45) is 5.92 Å². The first kappa shape index (κ1) is 26.3. The molecule has 2 aromatic carbocycles. The fourth-order valence-electron chi connectivity index (χ4n) is 5.10. The molecule has 4 rings (SSSR count). The number of aliphatic carboxylic acids is 1. The van der Waals surface area contributed by atoms with Crippen LogP contribution in [0.2, 0.25) is 5.02 Å². The molecule has 1 atom stereocenters. The summed E-state index contributed by atoms with van der Waals surface area (Å²) in [5, 5.41) is 10.3. The van der Waals surface area contributed by atoms with Crippen molar-refractivity contribution in [3.05, 3.63) is 47.5 Å². The summed E-state index contributed by atoms with van der Waals surface area (Å²) in [6, 6.07) is 14.8. The Morgan fingerprint density at radius 2 is 1.63 bits per heavy atom. The van der Waals surface area contributed by atoms with E-state index in [0.29, 0.717) is 0 Å². The van der Waals surface area contributed by atoms with Gasteiger partial charge in [-0.15, -0.1) is 0 Å². The molecule has 1 saturated heterocycles. The molecule has 190 valence electrons. The molecule has 0 amide bonds. The number of unbranched alkanes of at least 4 members (excludes halogenated alkanes) is 2. The van der Waals surface area contributed by atoms with Crippen molar-refractivity contribution in [1.82, 2.24) is 9.80 Å². The Hall–Kier alpha value is -1.73. The number of para-hydroxylation sites is 1. The van der Waals surface area contributed by atoms with Gasteiger partial charge in [-0.25, -0.2) is 0 Å². The van der Waals surface area contributed by atoms with Crippen LogP contribution in [0, 0.1) is 5.92 Å². The zero-order valence-corrected chi connectivity index (χ0v) is 22.4. The first-order valence-electron chi connectivity index (χ1n) is 13.1. The number of carboxylic acids is 1. The highest BCUT2D eigenvalue weighted by molar-refractivity contribution is 7.99. The van der Waals surface area contributed by atoms with Crippen molar-refractivity contribution in [1.29, 1.82) is 0 Å². The Kier molecular flexibility index (Phi) is 9.78. The molecule has 0 saturated carbocycles. The number of carboxylic acid groups (broad SMARTS) is 1. The predicted octanol–water partition coefficient (Wildman–Crippen LogP) is 6.62. The van der Waals surface area contributed by atoms with Gasteiger partial charge in [0, 0.05) is 47.5 Å². The molecule has 35 heavy (non-hydrogen) atoms. The maximum atomic E-state index is 11.6. The Bertz CT molecular complexity index is 980. The molecule has 1 N–H and O–H groups in total. The van der Waals surface area contributed by atoms with Crippen LogP contribution in [0.15, 0.2) is 52.3 Å². The molecule has 0 aromatic heterocycles. The minimum absolute atomic E-state index is 0.193. The molecule has 2 aromatic rings. The summed E-state index contributed by atoms with van der Waals surface area (Å²) in [4.78, 5) is 21.6. The summed E-state index contributed by atoms with van der Waals surface area (Å²) in [6.07, 6.45) is 5.96. The quantitative estimate of drug-likeness (QED) is 0.320. The molecule has 2 aliphatic rings. The van der Waals surface area contributed by atoms with Gasteiger partial charge in [-0.05, 0) is 62.7 Å². The number of carbonyl (C=O) groups is 1. The number of nitrogens with zero attached hydrogens (tertiary/aromatic N) is 3. The first-order chi connectivity index (χ1) is 17.0. The van der Waals surface area contributed by atoms with Gasteiger partial charge in [0.1, 0.15) is 0 Å². The van der Waals surface area contributed by atoms with Crippen LogP contribution < -0.4 is 4.90 Å². The largest absolute Gasteiger partial charge is 0.481 e. The van der Waals surface area contributed by atoms with Crippen LogP contribution in [-0.2, 0) is 4.79 Å². The number of halogens is 1. The van der Waals surface area contributed by atoms with E-state index in [1.807, 2.05) is 17.8 Å². The highest BCUT2D eigenvalue weighted by atomic mass is 35.5. The number of anilines is 2. The average Bonchev–Trinajstić information content (AvgIpc) is 2.86. The Morgan fingerprint density at radius 3 is 2.37 bits per heavy atom. The van der Waals surface area contributed by atoms with Gasteiger partial charge >= 0.3 is 5.97 Å². The van der Waals surface area contributed by atoms with Gasteiger partial charge in [-0.2, -0.15) is 0 Å². The van der Waals surface area contributed by atoms with Gasteiger partial charge in [-0.1, -0.05) is 61.7 Å². The minimum atomic E-state index is -0.625. The third kappa shape index (κ3) is 7.16. The Labute approximate surface area is 219 Å². The number of piperazine rings is 1. The molecule has 0 aliphatic carbocycles. The molecule has 0 bridgehead atoms. The second-order valence-corrected chi connectivity index (χ2v) is 11.2. The van der Waals surface area contributed by atoms with Crippen molar-refractivity contribution < 1.29 is 9.90 Å². The third-order valence-corrected chi connectivity index (χ3v) is 8.57. The van der Waals surface area contributed by atoms with Crippen LogP contribution >= 0.6 is 23.4 Å². The van der Waals surface area contributed by atoms with Crippen LogP contribution in [0.3, 0.4) is 0 Å². The van der Waals surface area contributed by atoms with Crippen LogP contribution in [0.5, 0.6) is 0 Å². The Balaban J connectivity index is 1.24. The summed E-state index contributed by atoms with van der Waals surface area (Å²) >= 11 is 8.17. The van der Waals surface area contributed by atoms with Crippen molar-refractivity contribution in [2.45, 2.75) is 55.2 Å². The topological polar surface area (TPSA) is 47.0 Å². The Morgan fingerprint density at radius 1 is 0.914 bits per heavy atom. The lowest BCUT2D eigenvalue weighted by atomic mass is 9.97. The lowest BCUT2D eigenvalue weighted by Crippen LogP contribution is -2.47. The van der Waals surface area contributed by atoms with E-state index in [0.717, 1.165) is 89.4 Å². The summed E-state index contributed by atoms with van der Waals surface area (Å²) < 4.78 is 0. The van der Waals surface area contributed by atoms with Gasteiger partial charge in [0.15, 0.2) is 0 Å². The zero-order valence-electron chi connectivity index (χ0n) is 20.8. The molecule has 2 heterocycles. The molecule has 2 aliphatic heterocycles. The van der Waals surface area contributed by atoms with Gasteiger partial charge in [0.25, 0.3) is 0 Å². The van der Waals surface area contributed by atoms with E-state index in [4.69, 9.17) is 11.6 Å². The van der Waals surface area contributed by atoms with E-state index in [1.54, 1.807) is 0 Å². The van der Waals surface area contributed by atoms with E-state index in [-0.39, 0.29) is 5.92 Å². The smallest absolute Gasteiger partial charge is 0.306 e. The summed E-state index contributed by atoms with van der Waals surface area (Å²) in [6.45, 7) is 9.27. The van der Waals surface area contributed by atoms with E-state index < -0.39 is 5.97 Å². The molecule has 5 nitrogen and oxygen atoms in total. The van der Waals surface area contributed by atoms with Gasteiger partial charge in [0.2, 0.25) is 0 Å². The van der Waals surface area contributed by atoms with Gasteiger partial charge in [-0.3, -0.25) is 4.79 Å². The molecule has 0 radical (unpaired) electrons. The van der Waals surface area contributed by atoms with Crippen LogP contribution in [0.1, 0.15) is 45.4 Å². The molecule has 1 fully saturated rings. The molecule has 0 spiro atoms. The number of benzene rings is 2. The second-order valence-electron chi connectivity index (χ2n) is 9.69. The molecule has 7 heteroatoms. The zero-order chi connectivity index (χ0) is 24.6. The second kappa shape index (κ2) is 13.0. The number of fused-ring (bicyclic) bond motifs is 2. The van der Waals surface area contributed by atoms with Crippen LogP contribution in [-0.4, -0.2) is 66.7 Å². The predicted molar refractivity (Wildman–Crippen MR) is 146 cm³/mol. The van der Waals surface area contributed by atoms with Crippen molar-refractivity contribution in [3.8, 4) is 0 Å². The number of rotatable bonds is 12. The highest BCUT2D eigenvalue weighted by Gasteiger charge is 2.24. The van der Waals surface area contributed by atoms with Crippen molar-refractivity contribution in [2.75, 3.05) is 50.7 Å². The summed E-state index contributed by atoms with van der Waals surface area (Å²) in [5.41, 5.74) is 2.47. The summed E-state index contributed by atoms with van der Waals surface area (Å²) in [7, 11) is 0. The maximum absolute atomic E-state index is 11.6. The van der Waals surface area contributed by atoms with Crippen molar-refractivity contribution >= 4 is 40.7 Å². The highest BCUT2D eigenvalue weighted by Crippen LogP contribution is 2.48. The third-order valence-electron chi connectivity index (χ3n) is 7.21. The average molecular weight is 516 g/mol. The molecular formula is C28H38ClN3O2S. The number of hydrogen-bond acceptors (Lipinski definition) is 5. The van der Waals surface area contributed by atoms with E-state index in [9.17, 15) is 9.90 Å². The normalized spacial score (nSPS) is 17.1. The van der Waals surface area contributed by atoms with Crippen LogP contribution in [0.25, 0.3) is 0 Å². The van der Waals surface area contributed by atoms with Crippen LogP contribution in [0.4, 0.5) is 11.4 Å². The lowest BCUT2D eigenvalue weighted by Gasteiger charge is -2.36. The standard InChI is InChI=1S/C28H38ClN3O2S/c1-2-3-4-8-22(28(33)34)13-16-31-19-17-30(18-20-31)14-7-15-32-24-9-5-6-10-26(24)35-27-12-11-23(29)21-25(27)32/h5-6,9-12,21-22H,2-4,7-8,13-20H2,1H3,(H,33,34). The van der Waals surface area contributed by atoms with E-state index in [2.05, 4.69) is 58.0 Å². The maximum Gasteiger partial charge on any atom is 0.306 e. The first-order valence-corrected chi connectivity index (χ1v) is 14.3. The van der Waals surface area contributed by atoms with E-state index in [1.165, 1.54) is 21.2 Å². The SMILES string of the molecule is CCCCCC(CCN1CCN(CCCN2c3ccccc3Sc3ccc(Cl)cc32)CC1)C(=O)O.